The van der Waals surface area contributed by atoms with Crippen molar-refractivity contribution in [2.45, 2.75) is 32.7 Å². The topological polar surface area (TPSA) is 61.9 Å². The SMILES string of the molecule is CCN(CC)C(CNS(=O)(=O)N1CCCC1)c1cccc(OC)c1. The first kappa shape index (κ1) is 19.2. The number of hydrogen-bond donors (Lipinski definition) is 1. The number of hydrogen-bond acceptors (Lipinski definition) is 4. The van der Waals surface area contributed by atoms with Crippen LogP contribution in [-0.2, 0) is 10.2 Å². The van der Waals surface area contributed by atoms with Gasteiger partial charge in [-0.1, -0.05) is 26.0 Å². The van der Waals surface area contributed by atoms with E-state index in [0.717, 1.165) is 37.2 Å². The second kappa shape index (κ2) is 8.80. The lowest BCUT2D eigenvalue weighted by Gasteiger charge is -2.31. The van der Waals surface area contributed by atoms with E-state index in [2.05, 4.69) is 23.5 Å². The summed E-state index contributed by atoms with van der Waals surface area (Å²) in [6, 6.07) is 7.83. The third-order valence-electron chi connectivity index (χ3n) is 4.60. The van der Waals surface area contributed by atoms with Crippen LogP contribution >= 0.6 is 0 Å². The van der Waals surface area contributed by atoms with E-state index in [-0.39, 0.29) is 6.04 Å². The summed E-state index contributed by atoms with van der Waals surface area (Å²) in [4.78, 5) is 2.25. The van der Waals surface area contributed by atoms with Crippen LogP contribution < -0.4 is 9.46 Å². The predicted molar refractivity (Wildman–Crippen MR) is 96.4 cm³/mol. The molecule has 1 N–H and O–H groups in total. The maximum absolute atomic E-state index is 12.5. The summed E-state index contributed by atoms with van der Waals surface area (Å²) in [5, 5.41) is 0. The van der Waals surface area contributed by atoms with Crippen LogP contribution in [0.3, 0.4) is 0 Å². The molecule has 1 heterocycles. The van der Waals surface area contributed by atoms with Gasteiger partial charge in [0, 0.05) is 25.7 Å². The van der Waals surface area contributed by atoms with Crippen LogP contribution in [-0.4, -0.2) is 57.5 Å². The third-order valence-corrected chi connectivity index (χ3v) is 6.17. The van der Waals surface area contributed by atoms with Gasteiger partial charge >= 0.3 is 0 Å². The lowest BCUT2D eigenvalue weighted by molar-refractivity contribution is 0.218. The molecule has 0 aliphatic carbocycles. The van der Waals surface area contributed by atoms with E-state index in [4.69, 9.17) is 4.74 Å². The summed E-state index contributed by atoms with van der Waals surface area (Å²) in [6.07, 6.45) is 1.88. The molecule has 1 unspecified atom stereocenters. The normalized spacial score (nSPS) is 17.3. The molecule has 0 bridgehead atoms. The summed E-state index contributed by atoms with van der Waals surface area (Å²) < 4.78 is 34.6. The van der Waals surface area contributed by atoms with Crippen LogP contribution in [0.5, 0.6) is 5.75 Å². The summed E-state index contributed by atoms with van der Waals surface area (Å²) in [6.45, 7) is 7.47. The van der Waals surface area contributed by atoms with Crippen LogP contribution in [0.1, 0.15) is 38.3 Å². The molecule has 6 nitrogen and oxygen atoms in total. The molecule has 1 aliphatic heterocycles. The Bertz CT molecular complexity index is 611. The molecule has 1 fully saturated rings. The lowest BCUT2D eigenvalue weighted by atomic mass is 10.0. The van der Waals surface area contributed by atoms with E-state index in [0.29, 0.717) is 19.6 Å². The Labute approximate surface area is 146 Å². The van der Waals surface area contributed by atoms with Gasteiger partial charge in [-0.05, 0) is 43.6 Å². The Morgan fingerprint density at radius 1 is 1.25 bits per heavy atom. The van der Waals surface area contributed by atoms with Gasteiger partial charge in [0.2, 0.25) is 0 Å². The molecule has 2 rings (SSSR count). The number of nitrogens with one attached hydrogen (secondary N) is 1. The average molecular weight is 356 g/mol. The number of likely N-dealkylation sites (N-methyl/N-ethyl adjacent to an activating group) is 1. The molecule has 136 valence electrons. The standard InChI is InChI=1S/C17H29N3O3S/c1-4-19(5-2)17(15-9-8-10-16(13-15)23-3)14-18-24(21,22)20-11-6-7-12-20/h8-10,13,17-18H,4-7,11-12,14H2,1-3H3. The maximum Gasteiger partial charge on any atom is 0.279 e. The summed E-state index contributed by atoms with van der Waals surface area (Å²) in [5.41, 5.74) is 1.06. The van der Waals surface area contributed by atoms with E-state index in [9.17, 15) is 8.42 Å². The Morgan fingerprint density at radius 2 is 1.92 bits per heavy atom. The average Bonchev–Trinajstić information content (AvgIpc) is 3.14. The first-order chi connectivity index (χ1) is 11.5. The summed E-state index contributed by atoms with van der Waals surface area (Å²) >= 11 is 0. The first-order valence-electron chi connectivity index (χ1n) is 8.64. The van der Waals surface area contributed by atoms with Crippen LogP contribution in [0.25, 0.3) is 0 Å². The second-order valence-corrected chi connectivity index (χ2v) is 7.73. The molecule has 1 aliphatic rings. The predicted octanol–water partition coefficient (Wildman–Crippen LogP) is 2.01. The molecule has 1 aromatic carbocycles. The minimum absolute atomic E-state index is 0.0209. The second-order valence-electron chi connectivity index (χ2n) is 5.97. The molecule has 0 radical (unpaired) electrons. The van der Waals surface area contributed by atoms with Crippen LogP contribution in [0.2, 0.25) is 0 Å². The highest BCUT2D eigenvalue weighted by atomic mass is 32.2. The van der Waals surface area contributed by atoms with Gasteiger partial charge in [0.05, 0.1) is 7.11 Å². The largest absolute Gasteiger partial charge is 0.497 e. The van der Waals surface area contributed by atoms with Crippen LogP contribution in [0.4, 0.5) is 0 Å². The number of benzene rings is 1. The molecule has 7 heteroatoms. The molecule has 0 spiro atoms. The van der Waals surface area contributed by atoms with Crippen molar-refractivity contribution in [1.82, 2.24) is 13.9 Å². The number of rotatable bonds is 9. The van der Waals surface area contributed by atoms with Crippen molar-refractivity contribution in [3.8, 4) is 5.75 Å². The van der Waals surface area contributed by atoms with Crippen molar-refractivity contribution in [1.29, 1.82) is 0 Å². The number of ether oxygens (including phenoxy) is 1. The van der Waals surface area contributed by atoms with Crippen molar-refractivity contribution >= 4 is 10.2 Å². The highest BCUT2D eigenvalue weighted by Gasteiger charge is 2.27. The molecule has 24 heavy (non-hydrogen) atoms. The highest BCUT2D eigenvalue weighted by Crippen LogP contribution is 2.24. The molecule has 0 saturated carbocycles. The van der Waals surface area contributed by atoms with E-state index in [1.54, 1.807) is 7.11 Å². The zero-order chi connectivity index (χ0) is 17.6. The van der Waals surface area contributed by atoms with Crippen molar-refractivity contribution < 1.29 is 13.2 Å². The molecular weight excluding hydrogens is 326 g/mol. The lowest BCUT2D eigenvalue weighted by Crippen LogP contribution is -2.43. The molecule has 0 aromatic heterocycles. The van der Waals surface area contributed by atoms with E-state index >= 15 is 0 Å². The molecule has 1 aromatic rings. The Hall–Kier alpha value is -1.15. The van der Waals surface area contributed by atoms with Crippen molar-refractivity contribution in [3.63, 3.8) is 0 Å². The van der Waals surface area contributed by atoms with E-state index in [1.165, 1.54) is 4.31 Å². The van der Waals surface area contributed by atoms with Crippen molar-refractivity contribution in [3.05, 3.63) is 29.8 Å². The van der Waals surface area contributed by atoms with Crippen LogP contribution in [0.15, 0.2) is 24.3 Å². The number of methoxy groups -OCH3 is 1. The highest BCUT2D eigenvalue weighted by molar-refractivity contribution is 7.87. The number of nitrogens with zero attached hydrogens (tertiary/aromatic N) is 2. The van der Waals surface area contributed by atoms with E-state index in [1.807, 2.05) is 24.3 Å². The molecular formula is C17H29N3O3S. The third kappa shape index (κ3) is 4.69. The van der Waals surface area contributed by atoms with Gasteiger partial charge in [0.25, 0.3) is 10.2 Å². The summed E-state index contributed by atoms with van der Waals surface area (Å²) in [5.74, 6) is 0.784. The Kier molecular flexibility index (Phi) is 7.03. The molecule has 1 saturated heterocycles. The van der Waals surface area contributed by atoms with Gasteiger partial charge in [0.1, 0.15) is 5.75 Å². The maximum atomic E-state index is 12.5. The fourth-order valence-corrected chi connectivity index (χ4v) is 4.46. The van der Waals surface area contributed by atoms with Gasteiger partial charge in [-0.25, -0.2) is 4.72 Å². The zero-order valence-electron chi connectivity index (χ0n) is 14.9. The van der Waals surface area contributed by atoms with Gasteiger partial charge in [-0.2, -0.15) is 12.7 Å². The molecule has 0 amide bonds. The monoisotopic (exact) mass is 355 g/mol. The van der Waals surface area contributed by atoms with Gasteiger partial charge in [-0.3, -0.25) is 4.90 Å². The van der Waals surface area contributed by atoms with Gasteiger partial charge in [-0.15, -0.1) is 0 Å². The smallest absolute Gasteiger partial charge is 0.279 e. The fourth-order valence-electron chi connectivity index (χ4n) is 3.17. The Morgan fingerprint density at radius 3 is 2.50 bits per heavy atom. The van der Waals surface area contributed by atoms with Crippen molar-refractivity contribution in [2.24, 2.45) is 0 Å². The molecule has 1 atom stereocenters. The zero-order valence-corrected chi connectivity index (χ0v) is 15.7. The summed E-state index contributed by atoms with van der Waals surface area (Å²) in [7, 11) is -1.76. The fraction of sp³-hybridized carbons (Fsp3) is 0.647. The van der Waals surface area contributed by atoms with Crippen molar-refractivity contribution in [2.75, 3.05) is 39.8 Å². The van der Waals surface area contributed by atoms with Crippen LogP contribution in [0, 0.1) is 0 Å². The van der Waals surface area contributed by atoms with E-state index < -0.39 is 10.2 Å². The minimum atomic E-state index is -3.40. The van der Waals surface area contributed by atoms with Gasteiger partial charge < -0.3 is 4.74 Å². The quantitative estimate of drug-likeness (QED) is 0.736. The first-order valence-corrected chi connectivity index (χ1v) is 10.1. The minimum Gasteiger partial charge on any atom is -0.497 e. The van der Waals surface area contributed by atoms with Gasteiger partial charge in [0.15, 0.2) is 0 Å². The Balaban J connectivity index is 2.17.